The summed E-state index contributed by atoms with van der Waals surface area (Å²) in [6.45, 7) is 1.50. The molecule has 0 unspecified atom stereocenters. The zero-order valence-corrected chi connectivity index (χ0v) is 12.9. The Labute approximate surface area is 128 Å². The van der Waals surface area contributed by atoms with Crippen LogP contribution in [0.4, 0.5) is 11.4 Å². The summed E-state index contributed by atoms with van der Waals surface area (Å²) in [7, 11) is 1.64. The summed E-state index contributed by atoms with van der Waals surface area (Å²) in [5.74, 6) is 1.53. The molecule has 2 rings (SSSR count). The van der Waals surface area contributed by atoms with Crippen LogP contribution in [0.5, 0.6) is 5.75 Å². The number of hydrogen-bond acceptors (Lipinski definition) is 4. The second kappa shape index (κ2) is 7.04. The predicted octanol–water partition coefficient (Wildman–Crippen LogP) is 3.53. The molecule has 2 aromatic rings. The molecule has 0 aliphatic carbocycles. The molecule has 0 heterocycles. The highest BCUT2D eigenvalue weighted by atomic mass is 32.2. The number of amides is 1. The normalized spacial score (nSPS) is 10.2. The average Bonchev–Trinajstić information content (AvgIpc) is 2.46. The van der Waals surface area contributed by atoms with Crippen molar-refractivity contribution in [3.05, 3.63) is 48.0 Å². The van der Waals surface area contributed by atoms with Gasteiger partial charge in [0.2, 0.25) is 5.91 Å². The van der Waals surface area contributed by atoms with E-state index in [4.69, 9.17) is 10.5 Å². The van der Waals surface area contributed by atoms with Crippen LogP contribution in [-0.4, -0.2) is 13.0 Å². The molecule has 110 valence electrons. The summed E-state index contributed by atoms with van der Waals surface area (Å²) in [5.41, 5.74) is 8.34. The van der Waals surface area contributed by atoms with Gasteiger partial charge < -0.3 is 15.8 Å². The van der Waals surface area contributed by atoms with Crippen molar-refractivity contribution in [1.29, 1.82) is 0 Å². The Morgan fingerprint density at radius 1 is 1.24 bits per heavy atom. The Bertz CT molecular complexity index is 627. The summed E-state index contributed by atoms with van der Waals surface area (Å²) in [5, 5.41) is 2.75. The molecule has 0 aliphatic heterocycles. The van der Waals surface area contributed by atoms with E-state index in [1.807, 2.05) is 42.5 Å². The second-order valence-electron chi connectivity index (χ2n) is 4.57. The maximum absolute atomic E-state index is 11.0. The topological polar surface area (TPSA) is 64.3 Å². The van der Waals surface area contributed by atoms with Crippen molar-refractivity contribution in [1.82, 2.24) is 0 Å². The van der Waals surface area contributed by atoms with Gasteiger partial charge in [-0.3, -0.25) is 4.79 Å². The Morgan fingerprint density at radius 2 is 1.95 bits per heavy atom. The van der Waals surface area contributed by atoms with Crippen LogP contribution in [0, 0.1) is 0 Å². The SMILES string of the molecule is COc1cc(N)ccc1CSc1ccc(NC(C)=O)cc1. The number of methoxy groups -OCH3 is 1. The zero-order chi connectivity index (χ0) is 15.2. The fourth-order valence-corrected chi connectivity index (χ4v) is 2.77. The van der Waals surface area contributed by atoms with Crippen LogP contribution >= 0.6 is 11.8 Å². The lowest BCUT2D eigenvalue weighted by atomic mass is 10.2. The minimum Gasteiger partial charge on any atom is -0.496 e. The molecule has 0 spiro atoms. The predicted molar refractivity (Wildman–Crippen MR) is 87.7 cm³/mol. The molecule has 0 fully saturated rings. The van der Waals surface area contributed by atoms with E-state index in [1.54, 1.807) is 18.9 Å². The van der Waals surface area contributed by atoms with E-state index in [1.165, 1.54) is 6.92 Å². The fourth-order valence-electron chi connectivity index (χ4n) is 1.88. The Morgan fingerprint density at radius 3 is 2.57 bits per heavy atom. The molecule has 4 nitrogen and oxygen atoms in total. The molecular weight excluding hydrogens is 284 g/mol. The first-order chi connectivity index (χ1) is 10.1. The van der Waals surface area contributed by atoms with Crippen molar-refractivity contribution in [2.24, 2.45) is 0 Å². The summed E-state index contributed by atoms with van der Waals surface area (Å²) in [4.78, 5) is 12.1. The standard InChI is InChI=1S/C16H18N2O2S/c1-11(19)18-14-5-7-15(8-6-14)21-10-12-3-4-13(17)9-16(12)20-2/h3-9H,10,17H2,1-2H3,(H,18,19). The van der Waals surface area contributed by atoms with Crippen LogP contribution in [0.2, 0.25) is 0 Å². The first-order valence-electron chi connectivity index (χ1n) is 6.51. The van der Waals surface area contributed by atoms with Gasteiger partial charge in [-0.15, -0.1) is 11.8 Å². The first-order valence-corrected chi connectivity index (χ1v) is 7.50. The van der Waals surface area contributed by atoms with E-state index in [2.05, 4.69) is 5.32 Å². The molecule has 3 N–H and O–H groups in total. The van der Waals surface area contributed by atoms with Gasteiger partial charge in [0.25, 0.3) is 0 Å². The number of anilines is 2. The number of thioether (sulfide) groups is 1. The van der Waals surface area contributed by atoms with Crippen molar-refractivity contribution < 1.29 is 9.53 Å². The van der Waals surface area contributed by atoms with E-state index in [9.17, 15) is 4.79 Å². The summed E-state index contributed by atoms with van der Waals surface area (Å²) in [6.07, 6.45) is 0. The van der Waals surface area contributed by atoms with Gasteiger partial charge >= 0.3 is 0 Å². The first kappa shape index (κ1) is 15.3. The van der Waals surface area contributed by atoms with Crippen molar-refractivity contribution in [3.8, 4) is 5.75 Å². The van der Waals surface area contributed by atoms with Gasteiger partial charge in [0.15, 0.2) is 0 Å². The largest absolute Gasteiger partial charge is 0.496 e. The number of rotatable bonds is 5. The molecule has 0 aromatic heterocycles. The van der Waals surface area contributed by atoms with E-state index < -0.39 is 0 Å². The van der Waals surface area contributed by atoms with Crippen LogP contribution < -0.4 is 15.8 Å². The number of nitrogens with two attached hydrogens (primary N) is 1. The minimum atomic E-state index is -0.0676. The summed E-state index contributed by atoms with van der Waals surface area (Å²) >= 11 is 1.70. The maximum Gasteiger partial charge on any atom is 0.221 e. The molecule has 21 heavy (non-hydrogen) atoms. The molecule has 0 radical (unpaired) electrons. The van der Waals surface area contributed by atoms with Crippen molar-refractivity contribution in [3.63, 3.8) is 0 Å². The summed E-state index contributed by atoms with van der Waals surface area (Å²) in [6, 6.07) is 13.4. The van der Waals surface area contributed by atoms with E-state index in [-0.39, 0.29) is 5.91 Å². The number of ether oxygens (including phenoxy) is 1. The number of carbonyl (C=O) groups excluding carboxylic acids is 1. The Balaban J connectivity index is 2.01. The molecule has 0 atom stereocenters. The molecule has 0 bridgehead atoms. The number of hydrogen-bond donors (Lipinski definition) is 2. The quantitative estimate of drug-likeness (QED) is 0.655. The minimum absolute atomic E-state index is 0.0676. The fraction of sp³-hybridized carbons (Fsp3) is 0.188. The number of benzene rings is 2. The average molecular weight is 302 g/mol. The lowest BCUT2D eigenvalue weighted by Gasteiger charge is -2.09. The van der Waals surface area contributed by atoms with Crippen LogP contribution in [0.1, 0.15) is 12.5 Å². The van der Waals surface area contributed by atoms with Crippen LogP contribution in [0.15, 0.2) is 47.4 Å². The van der Waals surface area contributed by atoms with Crippen LogP contribution in [0.25, 0.3) is 0 Å². The molecule has 5 heteroatoms. The number of carbonyl (C=O) groups is 1. The Kier molecular flexibility index (Phi) is 5.11. The van der Waals surface area contributed by atoms with Gasteiger partial charge in [0, 0.05) is 40.6 Å². The van der Waals surface area contributed by atoms with Gasteiger partial charge in [-0.25, -0.2) is 0 Å². The highest BCUT2D eigenvalue weighted by Gasteiger charge is 2.05. The van der Waals surface area contributed by atoms with Gasteiger partial charge in [0.05, 0.1) is 7.11 Å². The van der Waals surface area contributed by atoms with Gasteiger partial charge in [-0.05, 0) is 30.3 Å². The molecule has 0 saturated heterocycles. The van der Waals surface area contributed by atoms with Gasteiger partial charge in [-0.1, -0.05) is 6.07 Å². The van der Waals surface area contributed by atoms with Crippen molar-refractivity contribution in [2.45, 2.75) is 17.6 Å². The number of nitrogens with one attached hydrogen (secondary N) is 1. The highest BCUT2D eigenvalue weighted by Crippen LogP contribution is 2.29. The molecular formula is C16H18N2O2S. The number of nitrogen functional groups attached to an aromatic ring is 1. The third-order valence-corrected chi connectivity index (χ3v) is 3.94. The lowest BCUT2D eigenvalue weighted by molar-refractivity contribution is -0.114. The summed E-state index contributed by atoms with van der Waals surface area (Å²) < 4.78 is 5.34. The molecule has 0 aliphatic rings. The van der Waals surface area contributed by atoms with Crippen LogP contribution in [0.3, 0.4) is 0 Å². The Hall–Kier alpha value is -2.14. The van der Waals surface area contributed by atoms with E-state index >= 15 is 0 Å². The molecule has 2 aromatic carbocycles. The zero-order valence-electron chi connectivity index (χ0n) is 12.1. The van der Waals surface area contributed by atoms with Crippen molar-refractivity contribution in [2.75, 3.05) is 18.2 Å². The van der Waals surface area contributed by atoms with Crippen LogP contribution in [-0.2, 0) is 10.5 Å². The monoisotopic (exact) mass is 302 g/mol. The molecule has 0 saturated carbocycles. The van der Waals surface area contributed by atoms with Gasteiger partial charge in [-0.2, -0.15) is 0 Å². The van der Waals surface area contributed by atoms with Gasteiger partial charge in [0.1, 0.15) is 5.75 Å². The third kappa shape index (κ3) is 4.43. The third-order valence-electron chi connectivity index (χ3n) is 2.88. The van der Waals surface area contributed by atoms with E-state index in [0.29, 0.717) is 5.69 Å². The molecule has 1 amide bonds. The highest BCUT2D eigenvalue weighted by molar-refractivity contribution is 7.98. The smallest absolute Gasteiger partial charge is 0.221 e. The van der Waals surface area contributed by atoms with E-state index in [0.717, 1.165) is 27.6 Å². The lowest BCUT2D eigenvalue weighted by Crippen LogP contribution is -2.05. The maximum atomic E-state index is 11.0. The van der Waals surface area contributed by atoms with Crippen molar-refractivity contribution >= 4 is 29.0 Å². The second-order valence-corrected chi connectivity index (χ2v) is 5.61.